The van der Waals surface area contributed by atoms with Gasteiger partial charge in [0.15, 0.2) is 0 Å². The van der Waals surface area contributed by atoms with Crippen molar-refractivity contribution in [2.45, 2.75) is 63.8 Å². The Kier molecular flexibility index (Phi) is 6.92. The van der Waals surface area contributed by atoms with Gasteiger partial charge in [0.25, 0.3) is 0 Å². The van der Waals surface area contributed by atoms with Crippen LogP contribution in [-0.4, -0.2) is 33.0 Å². The third kappa shape index (κ3) is 5.25. The maximum atomic E-state index is 13.3. The number of para-hydroxylation sites is 2. The van der Waals surface area contributed by atoms with Crippen molar-refractivity contribution in [3.8, 4) is 17.1 Å². The van der Waals surface area contributed by atoms with Gasteiger partial charge in [-0.15, -0.1) is 0 Å². The molecule has 2 heterocycles. The van der Waals surface area contributed by atoms with Crippen molar-refractivity contribution in [3.05, 3.63) is 83.0 Å². The maximum absolute atomic E-state index is 13.3. The number of hydrogen-bond acceptors (Lipinski definition) is 5. The lowest BCUT2D eigenvalue weighted by Gasteiger charge is -2.24. The molecule has 0 spiro atoms. The van der Waals surface area contributed by atoms with Crippen LogP contribution in [0.3, 0.4) is 0 Å². The lowest BCUT2D eigenvalue weighted by molar-refractivity contribution is -0.137. The van der Waals surface area contributed by atoms with E-state index in [4.69, 9.17) is 9.98 Å². The van der Waals surface area contributed by atoms with Gasteiger partial charge in [0.05, 0.1) is 56.9 Å². The lowest BCUT2D eigenvalue weighted by Crippen LogP contribution is -2.24. The molecule has 1 fully saturated rings. The molecule has 2 aliphatic heterocycles. The zero-order valence-corrected chi connectivity index (χ0v) is 22.1. The summed E-state index contributed by atoms with van der Waals surface area (Å²) < 4.78 is 41.9. The van der Waals surface area contributed by atoms with E-state index in [1.165, 1.54) is 12.1 Å². The van der Waals surface area contributed by atoms with E-state index in [-0.39, 0.29) is 12.1 Å². The number of nitrogens with zero attached hydrogens (tertiary/aromatic N) is 4. The highest BCUT2D eigenvalue weighted by Gasteiger charge is 2.30. The lowest BCUT2D eigenvalue weighted by atomic mass is 9.93. The summed E-state index contributed by atoms with van der Waals surface area (Å²) in [6, 6.07) is 16.8. The minimum Gasteiger partial charge on any atom is -0.393 e. The number of aliphatic hydroxyl groups is 1. The SMILES string of the molecule is CC1=C(Nc2cc3nc4ccccc4n(-c4ccc(C(F)(F)F)cc4)c-3c/c2=N\C2CCC(O)CC2)CCC=N1. The number of allylic oxidation sites excluding steroid dienone is 2. The first-order valence-corrected chi connectivity index (χ1v) is 13.6. The summed E-state index contributed by atoms with van der Waals surface area (Å²) in [5, 5.41) is 14.3. The number of benzene rings is 3. The topological polar surface area (TPSA) is 74.8 Å². The zero-order chi connectivity index (χ0) is 27.9. The second kappa shape index (κ2) is 10.5. The molecule has 2 N–H and O–H groups in total. The highest BCUT2D eigenvalue weighted by molar-refractivity contribution is 5.84. The fraction of sp³-hybridized carbons (Fsp3) is 0.323. The molecule has 6 nitrogen and oxygen atoms in total. The summed E-state index contributed by atoms with van der Waals surface area (Å²) in [6.45, 7) is 1.97. The van der Waals surface area contributed by atoms with Crippen LogP contribution in [0.25, 0.3) is 28.1 Å². The van der Waals surface area contributed by atoms with Gasteiger partial charge in [0.1, 0.15) is 0 Å². The maximum Gasteiger partial charge on any atom is 0.416 e. The second-order valence-electron chi connectivity index (χ2n) is 10.5. The zero-order valence-electron chi connectivity index (χ0n) is 22.1. The first-order chi connectivity index (χ1) is 19.3. The Morgan fingerprint density at radius 1 is 1.00 bits per heavy atom. The van der Waals surface area contributed by atoms with Gasteiger partial charge in [-0.25, -0.2) is 4.98 Å². The number of fused-ring (bicyclic) bond motifs is 2. The van der Waals surface area contributed by atoms with Gasteiger partial charge in [-0.2, -0.15) is 13.2 Å². The first-order valence-electron chi connectivity index (χ1n) is 13.6. The molecule has 0 atom stereocenters. The highest BCUT2D eigenvalue weighted by Crippen LogP contribution is 2.33. The van der Waals surface area contributed by atoms with Crippen LogP contribution in [0.15, 0.2) is 82.0 Å². The average Bonchev–Trinajstić information content (AvgIpc) is 2.94. The van der Waals surface area contributed by atoms with Crippen molar-refractivity contribution >= 4 is 22.9 Å². The van der Waals surface area contributed by atoms with Crippen molar-refractivity contribution < 1.29 is 18.3 Å². The van der Waals surface area contributed by atoms with Crippen LogP contribution >= 0.6 is 0 Å². The Hall–Kier alpha value is -3.98. The normalized spacial score (nSPS) is 20.5. The summed E-state index contributed by atoms with van der Waals surface area (Å²) >= 11 is 0. The van der Waals surface area contributed by atoms with Gasteiger partial charge in [0, 0.05) is 17.6 Å². The molecule has 40 heavy (non-hydrogen) atoms. The van der Waals surface area contributed by atoms with E-state index in [0.29, 0.717) is 24.2 Å². The van der Waals surface area contributed by atoms with Gasteiger partial charge in [-0.05, 0) is 94.0 Å². The fourth-order valence-electron chi connectivity index (χ4n) is 5.50. The van der Waals surface area contributed by atoms with Crippen molar-refractivity contribution in [1.82, 2.24) is 9.55 Å². The molecular weight excluding hydrogens is 515 g/mol. The predicted octanol–water partition coefficient (Wildman–Crippen LogP) is 6.86. The van der Waals surface area contributed by atoms with E-state index >= 15 is 0 Å². The molecule has 2 aromatic rings. The van der Waals surface area contributed by atoms with E-state index in [9.17, 15) is 18.3 Å². The van der Waals surface area contributed by atoms with Gasteiger partial charge in [-0.1, -0.05) is 12.1 Å². The number of aliphatic hydroxyl groups excluding tert-OH is 1. The monoisotopic (exact) mass is 545 g/mol. The Balaban J connectivity index is 1.58. The molecule has 206 valence electrons. The quantitative estimate of drug-likeness (QED) is 0.275. The van der Waals surface area contributed by atoms with Crippen LogP contribution in [0.1, 0.15) is 51.0 Å². The molecule has 2 aliphatic carbocycles. The second-order valence-corrected chi connectivity index (χ2v) is 10.5. The Bertz CT molecular complexity index is 1640. The third-order valence-corrected chi connectivity index (χ3v) is 7.67. The van der Waals surface area contributed by atoms with E-state index < -0.39 is 11.7 Å². The number of halogens is 3. The predicted molar refractivity (Wildman–Crippen MR) is 151 cm³/mol. The van der Waals surface area contributed by atoms with E-state index in [1.54, 1.807) is 0 Å². The summed E-state index contributed by atoms with van der Waals surface area (Å²) in [7, 11) is 0. The van der Waals surface area contributed by atoms with Crippen molar-refractivity contribution in [2.24, 2.45) is 9.98 Å². The number of alkyl halides is 3. The molecule has 9 heteroatoms. The third-order valence-electron chi connectivity index (χ3n) is 7.67. The summed E-state index contributed by atoms with van der Waals surface area (Å²) in [6.07, 6.45) is 1.89. The molecule has 4 aliphatic rings. The van der Waals surface area contributed by atoms with Gasteiger partial charge in [-0.3, -0.25) is 9.98 Å². The van der Waals surface area contributed by atoms with Crippen LogP contribution in [0.5, 0.6) is 0 Å². The van der Waals surface area contributed by atoms with Crippen molar-refractivity contribution in [2.75, 3.05) is 5.32 Å². The van der Waals surface area contributed by atoms with E-state index in [2.05, 4.69) is 10.3 Å². The van der Waals surface area contributed by atoms with Gasteiger partial charge >= 0.3 is 6.18 Å². The van der Waals surface area contributed by atoms with Gasteiger partial charge < -0.3 is 15.0 Å². The number of rotatable bonds is 4. The average molecular weight is 546 g/mol. The molecule has 6 rings (SSSR count). The number of aliphatic imine (C=N–C) groups is 1. The van der Waals surface area contributed by atoms with Crippen LogP contribution in [0.4, 0.5) is 18.9 Å². The van der Waals surface area contributed by atoms with Crippen LogP contribution in [0.2, 0.25) is 0 Å². The summed E-state index contributed by atoms with van der Waals surface area (Å²) in [5.41, 5.74) is 5.60. The Morgan fingerprint density at radius 2 is 1.75 bits per heavy atom. The molecule has 0 unspecified atom stereocenters. The Morgan fingerprint density at radius 3 is 2.48 bits per heavy atom. The molecule has 0 radical (unpaired) electrons. The largest absolute Gasteiger partial charge is 0.416 e. The van der Waals surface area contributed by atoms with E-state index in [1.807, 2.05) is 54.1 Å². The van der Waals surface area contributed by atoms with Crippen LogP contribution in [-0.2, 0) is 6.18 Å². The van der Waals surface area contributed by atoms with Gasteiger partial charge in [0.2, 0.25) is 0 Å². The van der Waals surface area contributed by atoms with Crippen LogP contribution < -0.4 is 10.7 Å². The van der Waals surface area contributed by atoms with Crippen LogP contribution in [0, 0.1) is 0 Å². The molecule has 1 saturated carbocycles. The minimum atomic E-state index is -4.41. The fourth-order valence-corrected chi connectivity index (χ4v) is 5.50. The smallest absolute Gasteiger partial charge is 0.393 e. The number of aromatic nitrogens is 2. The first kappa shape index (κ1) is 26.3. The molecule has 2 aromatic carbocycles. The van der Waals surface area contributed by atoms with E-state index in [0.717, 1.165) is 77.0 Å². The highest BCUT2D eigenvalue weighted by atomic mass is 19.4. The number of anilines is 1. The standard InChI is InChI=1S/C31H30F3N5O/c1-19-24(6-4-16-35-19)37-26-17-28-30(18-27(26)36-21-10-14-23(40)15-11-21)39(29-7-3-2-5-25(29)38-28)22-12-8-20(9-13-22)31(32,33)34/h2-3,5,7-9,12-13,16-18,21,23,37,40H,4,6,10-11,14-15H2,1H3/b36-27+. The van der Waals surface area contributed by atoms with Crippen molar-refractivity contribution in [1.29, 1.82) is 0 Å². The number of nitrogens with one attached hydrogen (secondary N) is 1. The van der Waals surface area contributed by atoms with Crippen molar-refractivity contribution in [3.63, 3.8) is 0 Å². The molecule has 0 saturated heterocycles. The molecule has 0 aromatic heterocycles. The Labute approximate surface area is 230 Å². The summed E-state index contributed by atoms with van der Waals surface area (Å²) in [4.78, 5) is 14.5. The number of hydrogen-bond donors (Lipinski definition) is 2. The molecular formula is C31H30F3N5O. The summed E-state index contributed by atoms with van der Waals surface area (Å²) in [5.74, 6) is 0. The minimum absolute atomic E-state index is 0.0637. The molecule has 0 amide bonds. The molecule has 0 bridgehead atoms.